The van der Waals surface area contributed by atoms with Crippen LogP contribution in [0.25, 0.3) is 0 Å². The molecule has 0 atom stereocenters. The van der Waals surface area contributed by atoms with E-state index in [0.29, 0.717) is 19.5 Å². The molecule has 0 saturated carbocycles. The van der Waals surface area contributed by atoms with Crippen molar-refractivity contribution in [1.29, 1.82) is 0 Å². The summed E-state index contributed by atoms with van der Waals surface area (Å²) in [7, 11) is 0. The molecule has 22 heavy (non-hydrogen) atoms. The maximum absolute atomic E-state index is 12.8. The largest absolute Gasteiger partial charge is 0.486 e. The molecule has 114 valence electrons. The van der Waals surface area contributed by atoms with Gasteiger partial charge in [0.25, 0.3) is 0 Å². The maximum atomic E-state index is 12.8. The number of carbonyl (C=O) groups excluding carboxylic acids is 1. The molecule has 2 aromatic rings. The van der Waals surface area contributed by atoms with E-state index >= 15 is 0 Å². The van der Waals surface area contributed by atoms with Gasteiger partial charge in [0.15, 0.2) is 0 Å². The number of aryl methyl sites for hydroxylation is 1. The van der Waals surface area contributed by atoms with Crippen LogP contribution in [0.2, 0.25) is 0 Å². The van der Waals surface area contributed by atoms with Crippen LogP contribution < -0.4 is 4.74 Å². The molecule has 4 heteroatoms. The van der Waals surface area contributed by atoms with Gasteiger partial charge in [-0.2, -0.15) is 0 Å². The van der Waals surface area contributed by atoms with E-state index in [4.69, 9.17) is 4.74 Å². The quantitative estimate of drug-likeness (QED) is 0.868. The zero-order valence-corrected chi connectivity index (χ0v) is 12.5. The number of hydrogen-bond acceptors (Lipinski definition) is 2. The Kier molecular flexibility index (Phi) is 4.09. The zero-order chi connectivity index (χ0) is 15.5. The molecule has 0 N–H and O–H groups in total. The van der Waals surface area contributed by atoms with E-state index in [9.17, 15) is 9.18 Å². The number of nitrogens with zero attached hydrogens (tertiary/aromatic N) is 1. The molecule has 0 bridgehead atoms. The fraction of sp³-hybridized carbons (Fsp3) is 0.278. The van der Waals surface area contributed by atoms with E-state index in [1.54, 1.807) is 17.0 Å². The number of halogens is 1. The molecule has 0 spiro atoms. The van der Waals surface area contributed by atoms with Crippen molar-refractivity contribution < 1.29 is 13.9 Å². The smallest absolute Gasteiger partial charge is 0.227 e. The van der Waals surface area contributed by atoms with Gasteiger partial charge in [-0.15, -0.1) is 0 Å². The molecule has 0 radical (unpaired) electrons. The molecule has 1 heterocycles. The van der Waals surface area contributed by atoms with Gasteiger partial charge in [0.1, 0.15) is 17.7 Å². The molecule has 0 unspecified atom stereocenters. The first kappa shape index (κ1) is 14.6. The predicted octanol–water partition coefficient (Wildman–Crippen LogP) is 2.97. The molecule has 2 aromatic carbocycles. The molecule has 0 aromatic heterocycles. The topological polar surface area (TPSA) is 29.5 Å². The van der Waals surface area contributed by atoms with E-state index in [-0.39, 0.29) is 17.8 Å². The van der Waals surface area contributed by atoms with Crippen LogP contribution in [0.1, 0.15) is 11.1 Å². The third-order valence-electron chi connectivity index (χ3n) is 3.86. The predicted molar refractivity (Wildman–Crippen MR) is 82.3 cm³/mol. The summed E-state index contributed by atoms with van der Waals surface area (Å²) in [6.07, 6.45) is 0.357. The highest BCUT2D eigenvalue weighted by Crippen LogP contribution is 2.22. The Morgan fingerprint density at radius 3 is 2.55 bits per heavy atom. The molecule has 1 aliphatic rings. The number of rotatable bonds is 4. The average Bonchev–Trinajstić information content (AvgIpc) is 2.46. The molecular weight excluding hydrogens is 281 g/mol. The Bertz CT molecular complexity index is 663. The third-order valence-corrected chi connectivity index (χ3v) is 3.86. The van der Waals surface area contributed by atoms with Gasteiger partial charge in [-0.3, -0.25) is 4.79 Å². The van der Waals surface area contributed by atoms with Crippen LogP contribution >= 0.6 is 0 Å². The summed E-state index contributed by atoms with van der Waals surface area (Å²) in [4.78, 5) is 13.9. The average molecular weight is 299 g/mol. The van der Waals surface area contributed by atoms with Gasteiger partial charge >= 0.3 is 0 Å². The van der Waals surface area contributed by atoms with Gasteiger partial charge in [-0.05, 0) is 36.2 Å². The zero-order valence-electron chi connectivity index (χ0n) is 12.5. The number of carbonyl (C=O) groups is 1. The Labute approximate surface area is 129 Å². The molecule has 1 fully saturated rings. The second kappa shape index (κ2) is 6.18. The van der Waals surface area contributed by atoms with Crippen molar-refractivity contribution >= 4 is 5.91 Å². The Morgan fingerprint density at radius 1 is 1.18 bits per heavy atom. The van der Waals surface area contributed by atoms with Gasteiger partial charge < -0.3 is 9.64 Å². The molecular formula is C18H18FNO2. The molecule has 3 rings (SSSR count). The van der Waals surface area contributed by atoms with Crippen molar-refractivity contribution in [3.8, 4) is 5.75 Å². The van der Waals surface area contributed by atoms with Gasteiger partial charge in [-0.1, -0.05) is 30.3 Å². The van der Waals surface area contributed by atoms with E-state index in [1.165, 1.54) is 12.1 Å². The van der Waals surface area contributed by atoms with Crippen molar-refractivity contribution in [2.24, 2.45) is 0 Å². The second-order valence-electron chi connectivity index (χ2n) is 5.61. The lowest BCUT2D eigenvalue weighted by Crippen LogP contribution is -2.56. The highest BCUT2D eigenvalue weighted by molar-refractivity contribution is 5.79. The summed E-state index contributed by atoms with van der Waals surface area (Å²) in [5, 5.41) is 0. The number of hydrogen-bond donors (Lipinski definition) is 0. The first-order valence-corrected chi connectivity index (χ1v) is 7.36. The molecule has 3 nitrogen and oxygen atoms in total. The second-order valence-corrected chi connectivity index (χ2v) is 5.61. The summed E-state index contributed by atoms with van der Waals surface area (Å²) < 4.78 is 18.7. The Hall–Kier alpha value is -2.36. The van der Waals surface area contributed by atoms with Gasteiger partial charge in [-0.25, -0.2) is 4.39 Å². The number of ether oxygens (including phenoxy) is 1. The number of likely N-dealkylation sites (tertiary alicyclic amines) is 1. The summed E-state index contributed by atoms with van der Waals surface area (Å²) in [5.74, 6) is 0.640. The van der Waals surface area contributed by atoms with Crippen molar-refractivity contribution in [2.45, 2.75) is 19.4 Å². The van der Waals surface area contributed by atoms with Crippen LogP contribution in [-0.2, 0) is 11.2 Å². The molecule has 0 aliphatic carbocycles. The minimum absolute atomic E-state index is 0.0521. The van der Waals surface area contributed by atoms with Gasteiger partial charge in [0.2, 0.25) is 5.91 Å². The highest BCUT2D eigenvalue weighted by Gasteiger charge is 2.32. The molecule has 1 aliphatic heterocycles. The van der Waals surface area contributed by atoms with E-state index in [1.807, 2.05) is 31.2 Å². The minimum Gasteiger partial charge on any atom is -0.486 e. The van der Waals surface area contributed by atoms with Crippen LogP contribution in [-0.4, -0.2) is 30.0 Å². The normalized spacial score (nSPS) is 14.5. The lowest BCUT2D eigenvalue weighted by Gasteiger charge is -2.39. The lowest BCUT2D eigenvalue weighted by molar-refractivity contribution is -0.139. The van der Waals surface area contributed by atoms with E-state index in [0.717, 1.165) is 16.9 Å². The highest BCUT2D eigenvalue weighted by atomic mass is 19.1. The van der Waals surface area contributed by atoms with E-state index in [2.05, 4.69) is 0 Å². The van der Waals surface area contributed by atoms with Crippen molar-refractivity contribution in [2.75, 3.05) is 13.1 Å². The summed E-state index contributed by atoms with van der Waals surface area (Å²) >= 11 is 0. The number of amides is 1. The number of benzene rings is 2. The van der Waals surface area contributed by atoms with Crippen LogP contribution in [0.3, 0.4) is 0 Å². The third kappa shape index (κ3) is 3.27. The van der Waals surface area contributed by atoms with Crippen LogP contribution in [0.15, 0.2) is 48.5 Å². The SMILES string of the molecule is Cc1ccccc1OC1CN(C(=O)Cc2ccc(F)cc2)C1. The van der Waals surface area contributed by atoms with E-state index < -0.39 is 0 Å². The number of para-hydroxylation sites is 1. The monoisotopic (exact) mass is 299 g/mol. The molecule has 1 amide bonds. The maximum Gasteiger partial charge on any atom is 0.227 e. The molecule has 1 saturated heterocycles. The van der Waals surface area contributed by atoms with Crippen LogP contribution in [0, 0.1) is 12.7 Å². The fourth-order valence-corrected chi connectivity index (χ4v) is 2.47. The van der Waals surface area contributed by atoms with Crippen molar-refractivity contribution in [1.82, 2.24) is 4.90 Å². The lowest BCUT2D eigenvalue weighted by atomic mass is 10.1. The fourth-order valence-electron chi connectivity index (χ4n) is 2.47. The standard InChI is InChI=1S/C18H18FNO2/c1-13-4-2-3-5-17(13)22-16-11-20(12-16)18(21)10-14-6-8-15(19)9-7-14/h2-9,16H,10-12H2,1H3. The first-order valence-electron chi connectivity index (χ1n) is 7.36. The Morgan fingerprint density at radius 2 is 1.86 bits per heavy atom. The van der Waals surface area contributed by atoms with Crippen molar-refractivity contribution in [3.63, 3.8) is 0 Å². The van der Waals surface area contributed by atoms with Crippen LogP contribution in [0.4, 0.5) is 4.39 Å². The van der Waals surface area contributed by atoms with Gasteiger partial charge in [0, 0.05) is 0 Å². The summed E-state index contributed by atoms with van der Waals surface area (Å²) in [6, 6.07) is 13.9. The van der Waals surface area contributed by atoms with Crippen LogP contribution in [0.5, 0.6) is 5.75 Å². The van der Waals surface area contributed by atoms with Crippen molar-refractivity contribution in [3.05, 3.63) is 65.5 Å². The summed E-state index contributed by atoms with van der Waals surface area (Å²) in [6.45, 7) is 3.22. The Balaban J connectivity index is 1.49. The van der Waals surface area contributed by atoms with Gasteiger partial charge in [0.05, 0.1) is 19.5 Å². The first-order chi connectivity index (χ1) is 10.6. The summed E-state index contributed by atoms with van der Waals surface area (Å²) in [5.41, 5.74) is 1.92. The minimum atomic E-state index is -0.285.